The monoisotopic (exact) mass is 327 g/mol. The molecule has 7 heteroatoms. The van der Waals surface area contributed by atoms with Crippen molar-refractivity contribution in [3.63, 3.8) is 0 Å². The number of hydrogen-bond acceptors (Lipinski definition) is 6. The molecule has 0 unspecified atom stereocenters. The highest BCUT2D eigenvalue weighted by Crippen LogP contribution is 2.24. The largest absolute Gasteiger partial charge is 0.365 e. The van der Waals surface area contributed by atoms with Gasteiger partial charge >= 0.3 is 0 Å². The van der Waals surface area contributed by atoms with Gasteiger partial charge in [0.1, 0.15) is 18.0 Å². The summed E-state index contributed by atoms with van der Waals surface area (Å²) in [6.07, 6.45) is 2.32. The van der Waals surface area contributed by atoms with Crippen molar-refractivity contribution in [2.45, 2.75) is 19.9 Å². The second-order valence-corrected chi connectivity index (χ2v) is 6.15. The molecule has 0 radical (unpaired) electrons. The first-order valence-corrected chi connectivity index (χ1v) is 7.14. The van der Waals surface area contributed by atoms with E-state index in [1.54, 1.807) is 11.3 Å². The molecule has 4 N–H and O–H groups in total. The molecule has 0 aliphatic rings. The van der Waals surface area contributed by atoms with Crippen molar-refractivity contribution in [3.8, 4) is 0 Å². The van der Waals surface area contributed by atoms with Gasteiger partial charge in [0.2, 0.25) is 0 Å². The molecule has 0 fully saturated rings. The summed E-state index contributed by atoms with van der Waals surface area (Å²) in [4.78, 5) is 9.59. The first-order chi connectivity index (χ1) is 8.74. The predicted molar refractivity (Wildman–Crippen MR) is 78.6 cm³/mol. The fourth-order valence-corrected chi connectivity index (χ4v) is 3.06. The van der Waals surface area contributed by atoms with Crippen LogP contribution in [0.1, 0.15) is 17.4 Å². The number of anilines is 2. The molecule has 0 amide bonds. The smallest absolute Gasteiger partial charge is 0.148 e. The number of rotatable bonds is 5. The zero-order chi connectivity index (χ0) is 13.0. The molecule has 18 heavy (non-hydrogen) atoms. The highest BCUT2D eigenvalue weighted by atomic mass is 79.9. The standard InChI is InChI=1S/C11H14BrN5S/c1-2-8-10(15-6-16-11(8)17-13)14-5-7-3-4-9(12)18-7/h3-4,6H,2,5,13H2,1H3,(H2,14,15,16,17). The van der Waals surface area contributed by atoms with Crippen molar-refractivity contribution in [3.05, 3.63) is 32.7 Å². The van der Waals surface area contributed by atoms with E-state index in [0.717, 1.165) is 28.1 Å². The number of nitrogens with one attached hydrogen (secondary N) is 2. The maximum atomic E-state index is 5.43. The van der Waals surface area contributed by atoms with Crippen LogP contribution in [0.25, 0.3) is 0 Å². The van der Waals surface area contributed by atoms with Crippen molar-refractivity contribution in [2.24, 2.45) is 5.84 Å². The third-order valence-electron chi connectivity index (χ3n) is 2.49. The van der Waals surface area contributed by atoms with Crippen LogP contribution in [0.2, 0.25) is 0 Å². The molecule has 96 valence electrons. The van der Waals surface area contributed by atoms with Gasteiger partial charge in [-0.2, -0.15) is 0 Å². The number of nitrogens with two attached hydrogens (primary N) is 1. The Bertz CT molecular complexity index is 528. The quantitative estimate of drug-likeness (QED) is 0.581. The Morgan fingerprint density at radius 3 is 2.72 bits per heavy atom. The molecule has 2 aromatic rings. The highest BCUT2D eigenvalue weighted by molar-refractivity contribution is 9.11. The van der Waals surface area contributed by atoms with Gasteiger partial charge in [-0.3, -0.25) is 0 Å². The summed E-state index contributed by atoms with van der Waals surface area (Å²) in [5.41, 5.74) is 3.59. The Morgan fingerprint density at radius 2 is 2.11 bits per heavy atom. The molecular formula is C11H14BrN5S. The third kappa shape index (κ3) is 2.98. The van der Waals surface area contributed by atoms with Crippen molar-refractivity contribution >= 4 is 38.9 Å². The van der Waals surface area contributed by atoms with Crippen molar-refractivity contribution in [1.82, 2.24) is 9.97 Å². The zero-order valence-corrected chi connectivity index (χ0v) is 12.3. The van der Waals surface area contributed by atoms with Crippen LogP contribution in [0.3, 0.4) is 0 Å². The SMILES string of the molecule is CCc1c(NN)ncnc1NCc1ccc(Br)s1. The van der Waals surface area contributed by atoms with E-state index < -0.39 is 0 Å². The van der Waals surface area contributed by atoms with E-state index in [-0.39, 0.29) is 0 Å². The molecule has 5 nitrogen and oxygen atoms in total. The van der Waals surface area contributed by atoms with Gasteiger partial charge in [-0.15, -0.1) is 11.3 Å². The Hall–Kier alpha value is -1.18. The molecule has 2 heterocycles. The van der Waals surface area contributed by atoms with Crippen LogP contribution in [0, 0.1) is 0 Å². The molecule has 2 rings (SSSR count). The summed E-state index contributed by atoms with van der Waals surface area (Å²) in [6, 6.07) is 4.12. The van der Waals surface area contributed by atoms with Crippen LogP contribution in [-0.2, 0) is 13.0 Å². The van der Waals surface area contributed by atoms with E-state index in [0.29, 0.717) is 5.82 Å². The van der Waals surface area contributed by atoms with Crippen LogP contribution >= 0.6 is 27.3 Å². The lowest BCUT2D eigenvalue weighted by Crippen LogP contribution is -2.13. The number of aromatic nitrogens is 2. The van der Waals surface area contributed by atoms with Crippen LogP contribution in [0.4, 0.5) is 11.6 Å². The molecule has 0 aromatic carbocycles. The van der Waals surface area contributed by atoms with E-state index in [1.807, 2.05) is 13.0 Å². The minimum absolute atomic E-state index is 0.669. The maximum Gasteiger partial charge on any atom is 0.148 e. The number of nitrogen functional groups attached to an aromatic ring is 1. The van der Waals surface area contributed by atoms with E-state index >= 15 is 0 Å². The molecule has 0 aliphatic carbocycles. The Kier molecular flexibility index (Phi) is 4.51. The van der Waals surface area contributed by atoms with Crippen LogP contribution in [0.5, 0.6) is 0 Å². The average molecular weight is 328 g/mol. The fraction of sp³-hybridized carbons (Fsp3) is 0.273. The molecule has 0 bridgehead atoms. The van der Waals surface area contributed by atoms with Crippen molar-refractivity contribution in [2.75, 3.05) is 10.7 Å². The first kappa shape index (κ1) is 13.3. The Labute approximate surface area is 118 Å². The summed E-state index contributed by atoms with van der Waals surface area (Å²) < 4.78 is 1.13. The van der Waals surface area contributed by atoms with Gasteiger partial charge in [-0.05, 0) is 34.5 Å². The van der Waals surface area contributed by atoms with Crippen molar-refractivity contribution in [1.29, 1.82) is 0 Å². The first-order valence-electron chi connectivity index (χ1n) is 5.53. The topological polar surface area (TPSA) is 75.9 Å². The summed E-state index contributed by atoms with van der Waals surface area (Å²) in [6.45, 7) is 2.79. The van der Waals surface area contributed by atoms with Gasteiger partial charge in [0.05, 0.1) is 10.3 Å². The van der Waals surface area contributed by atoms with Gasteiger partial charge in [-0.25, -0.2) is 15.8 Å². The van der Waals surface area contributed by atoms with E-state index in [4.69, 9.17) is 5.84 Å². The van der Waals surface area contributed by atoms with E-state index in [2.05, 4.69) is 42.7 Å². The Balaban J connectivity index is 2.13. The molecular weight excluding hydrogens is 314 g/mol. The lowest BCUT2D eigenvalue weighted by atomic mass is 10.2. The highest BCUT2D eigenvalue weighted by Gasteiger charge is 2.08. The predicted octanol–water partition coefficient (Wildman–Crippen LogP) is 2.76. The van der Waals surface area contributed by atoms with Gasteiger partial charge in [0, 0.05) is 10.4 Å². The van der Waals surface area contributed by atoms with Crippen LogP contribution in [-0.4, -0.2) is 9.97 Å². The number of thiophene rings is 1. The van der Waals surface area contributed by atoms with Crippen molar-refractivity contribution < 1.29 is 0 Å². The second kappa shape index (κ2) is 6.12. The summed E-state index contributed by atoms with van der Waals surface area (Å²) in [7, 11) is 0. The molecule has 0 atom stereocenters. The third-order valence-corrected chi connectivity index (χ3v) is 4.12. The number of hydrazine groups is 1. The number of hydrogen-bond donors (Lipinski definition) is 3. The van der Waals surface area contributed by atoms with Gasteiger partial charge in [-0.1, -0.05) is 6.92 Å². The molecule has 0 saturated heterocycles. The Morgan fingerprint density at radius 1 is 1.33 bits per heavy atom. The minimum Gasteiger partial charge on any atom is -0.365 e. The van der Waals surface area contributed by atoms with Gasteiger partial charge < -0.3 is 10.7 Å². The summed E-state index contributed by atoms with van der Waals surface area (Å²) in [5.74, 6) is 6.93. The number of nitrogens with zero attached hydrogens (tertiary/aromatic N) is 2. The minimum atomic E-state index is 0.669. The lowest BCUT2D eigenvalue weighted by molar-refractivity contribution is 1.01. The van der Waals surface area contributed by atoms with Gasteiger partial charge in [0.25, 0.3) is 0 Å². The molecule has 0 spiro atoms. The fourth-order valence-electron chi connectivity index (χ4n) is 1.64. The molecule has 2 aromatic heterocycles. The van der Waals surface area contributed by atoms with Crippen LogP contribution in [0.15, 0.2) is 22.2 Å². The van der Waals surface area contributed by atoms with Gasteiger partial charge in [0.15, 0.2) is 0 Å². The molecule has 0 aliphatic heterocycles. The molecule has 0 saturated carbocycles. The zero-order valence-electron chi connectivity index (χ0n) is 9.90. The van der Waals surface area contributed by atoms with Crippen LogP contribution < -0.4 is 16.6 Å². The summed E-state index contributed by atoms with van der Waals surface area (Å²) >= 11 is 5.15. The van der Waals surface area contributed by atoms with E-state index in [9.17, 15) is 0 Å². The lowest BCUT2D eigenvalue weighted by Gasteiger charge is -2.11. The second-order valence-electron chi connectivity index (χ2n) is 3.61. The van der Waals surface area contributed by atoms with E-state index in [1.165, 1.54) is 11.2 Å². The number of halogens is 1. The maximum absolute atomic E-state index is 5.43. The average Bonchev–Trinajstić information content (AvgIpc) is 2.81. The normalized spacial score (nSPS) is 10.4. The summed E-state index contributed by atoms with van der Waals surface area (Å²) in [5, 5.41) is 3.31.